The summed E-state index contributed by atoms with van der Waals surface area (Å²) in [5.41, 5.74) is 0.350. The molecule has 4 heteroatoms. The van der Waals surface area contributed by atoms with E-state index in [-0.39, 0.29) is 11.9 Å². The fourth-order valence-corrected chi connectivity index (χ4v) is 2.53. The summed E-state index contributed by atoms with van der Waals surface area (Å²) in [7, 11) is 0. The number of esters is 2. The number of benzene rings is 1. The van der Waals surface area contributed by atoms with Crippen molar-refractivity contribution in [2.45, 2.75) is 26.2 Å². The number of carbonyl (C=O) groups excluding carboxylic acids is 2. The Balaban J connectivity index is 2.19. The highest BCUT2D eigenvalue weighted by molar-refractivity contribution is 5.88. The molecule has 1 fully saturated rings. The number of hydrogen-bond acceptors (Lipinski definition) is 4. The molecule has 0 bridgehead atoms. The highest BCUT2D eigenvalue weighted by atomic mass is 16.5. The van der Waals surface area contributed by atoms with Gasteiger partial charge in [-0.1, -0.05) is 36.4 Å². The van der Waals surface area contributed by atoms with E-state index in [1.807, 2.05) is 30.3 Å². The van der Waals surface area contributed by atoms with Gasteiger partial charge in [-0.3, -0.25) is 4.79 Å². The Morgan fingerprint density at radius 2 is 1.86 bits per heavy atom. The molecular weight excluding hydrogens is 268 g/mol. The molecule has 0 amide bonds. The fraction of sp³-hybridized carbons (Fsp3) is 0.412. The maximum Gasteiger partial charge on any atom is 0.330 e. The van der Waals surface area contributed by atoms with Crippen molar-refractivity contribution in [2.24, 2.45) is 5.41 Å². The summed E-state index contributed by atoms with van der Waals surface area (Å²) < 4.78 is 10.0. The smallest absolute Gasteiger partial charge is 0.330 e. The van der Waals surface area contributed by atoms with Crippen molar-refractivity contribution in [3.63, 3.8) is 0 Å². The minimum absolute atomic E-state index is 0.0587. The number of rotatable bonds is 6. The highest BCUT2D eigenvalue weighted by Crippen LogP contribution is 2.61. The SMILES string of the molecule is CCOC(=O)/C=C/[C@]1(C(=O)OCC)C[C@@H]1c1ccccc1. The minimum Gasteiger partial charge on any atom is -0.465 e. The van der Waals surface area contributed by atoms with Gasteiger partial charge in [0.15, 0.2) is 0 Å². The Kier molecular flexibility index (Phi) is 4.78. The lowest BCUT2D eigenvalue weighted by atomic mass is 9.98. The molecule has 1 saturated carbocycles. The second kappa shape index (κ2) is 6.57. The average molecular weight is 288 g/mol. The van der Waals surface area contributed by atoms with Crippen LogP contribution in [0.1, 0.15) is 31.7 Å². The molecular formula is C17H20O4. The quantitative estimate of drug-likeness (QED) is 0.596. The van der Waals surface area contributed by atoms with E-state index >= 15 is 0 Å². The molecule has 0 aliphatic heterocycles. The Morgan fingerprint density at radius 3 is 2.48 bits per heavy atom. The first-order valence-electron chi connectivity index (χ1n) is 7.22. The molecule has 2 rings (SSSR count). The molecule has 0 unspecified atom stereocenters. The van der Waals surface area contributed by atoms with Crippen molar-refractivity contribution < 1.29 is 19.1 Å². The predicted molar refractivity (Wildman–Crippen MR) is 78.6 cm³/mol. The van der Waals surface area contributed by atoms with Crippen LogP contribution in [0.4, 0.5) is 0 Å². The van der Waals surface area contributed by atoms with Gasteiger partial charge in [-0.2, -0.15) is 0 Å². The second-order valence-electron chi connectivity index (χ2n) is 5.01. The summed E-state index contributed by atoms with van der Waals surface area (Å²) in [6.07, 6.45) is 3.63. The maximum atomic E-state index is 12.3. The average Bonchev–Trinajstić information content (AvgIpc) is 3.23. The van der Waals surface area contributed by atoms with E-state index < -0.39 is 11.4 Å². The largest absolute Gasteiger partial charge is 0.465 e. The molecule has 112 valence electrons. The number of ether oxygens (including phenoxy) is 2. The molecule has 0 spiro atoms. The molecule has 0 radical (unpaired) electrons. The van der Waals surface area contributed by atoms with Crippen LogP contribution in [0.15, 0.2) is 42.5 Å². The van der Waals surface area contributed by atoms with Crippen LogP contribution in [0.25, 0.3) is 0 Å². The molecule has 1 aromatic carbocycles. The lowest BCUT2D eigenvalue weighted by Crippen LogP contribution is -2.19. The van der Waals surface area contributed by atoms with E-state index in [0.717, 1.165) is 5.56 Å². The van der Waals surface area contributed by atoms with E-state index in [0.29, 0.717) is 19.6 Å². The third-order valence-corrected chi connectivity index (χ3v) is 3.66. The third kappa shape index (κ3) is 3.32. The van der Waals surface area contributed by atoms with Crippen LogP contribution in [0.3, 0.4) is 0 Å². The molecule has 1 aliphatic rings. The Labute approximate surface area is 124 Å². The zero-order valence-electron chi connectivity index (χ0n) is 12.4. The van der Waals surface area contributed by atoms with E-state index in [2.05, 4.69) is 0 Å². The van der Waals surface area contributed by atoms with Gasteiger partial charge in [0.05, 0.1) is 18.6 Å². The van der Waals surface area contributed by atoms with Crippen LogP contribution in [0, 0.1) is 5.41 Å². The molecule has 21 heavy (non-hydrogen) atoms. The molecule has 0 saturated heterocycles. The standard InChI is InChI=1S/C17H20O4/c1-3-20-15(18)10-11-17(16(19)21-4-2)12-14(17)13-8-6-5-7-9-13/h5-11,14H,3-4,12H2,1-2H3/b11-10+/t14-,17+/m1/s1. The lowest BCUT2D eigenvalue weighted by molar-refractivity contribution is -0.147. The van der Waals surface area contributed by atoms with Gasteiger partial charge in [0, 0.05) is 12.0 Å². The monoisotopic (exact) mass is 288 g/mol. The first-order chi connectivity index (χ1) is 10.1. The molecule has 1 aromatic rings. The predicted octanol–water partition coefficient (Wildman–Crippen LogP) is 2.84. The van der Waals surface area contributed by atoms with Crippen LogP contribution in [-0.2, 0) is 19.1 Å². The van der Waals surface area contributed by atoms with Crippen LogP contribution in [0.2, 0.25) is 0 Å². The molecule has 1 aliphatic carbocycles. The van der Waals surface area contributed by atoms with Crippen molar-refractivity contribution in [1.29, 1.82) is 0 Å². The lowest BCUT2D eigenvalue weighted by Gasteiger charge is -2.12. The van der Waals surface area contributed by atoms with Gasteiger partial charge in [-0.05, 0) is 25.8 Å². The summed E-state index contributed by atoms with van der Waals surface area (Å²) in [5.74, 6) is -0.650. The molecule has 2 atom stereocenters. The van der Waals surface area contributed by atoms with Crippen molar-refractivity contribution in [3.8, 4) is 0 Å². The summed E-state index contributed by atoms with van der Waals surface area (Å²) >= 11 is 0. The zero-order chi connectivity index (χ0) is 15.3. The van der Waals surface area contributed by atoms with Gasteiger partial charge in [-0.25, -0.2) is 4.79 Å². The summed E-state index contributed by atoms with van der Waals surface area (Å²) in [5, 5.41) is 0. The van der Waals surface area contributed by atoms with Gasteiger partial charge in [0.25, 0.3) is 0 Å². The first kappa shape index (κ1) is 15.3. The van der Waals surface area contributed by atoms with Crippen LogP contribution >= 0.6 is 0 Å². The molecule has 4 nitrogen and oxygen atoms in total. The second-order valence-corrected chi connectivity index (χ2v) is 5.01. The minimum atomic E-state index is -0.732. The topological polar surface area (TPSA) is 52.6 Å². The number of carbonyl (C=O) groups is 2. The van der Waals surface area contributed by atoms with Crippen molar-refractivity contribution in [1.82, 2.24) is 0 Å². The molecule has 0 N–H and O–H groups in total. The van der Waals surface area contributed by atoms with Gasteiger partial charge < -0.3 is 9.47 Å². The summed E-state index contributed by atoms with van der Waals surface area (Å²) in [4.78, 5) is 23.7. The summed E-state index contributed by atoms with van der Waals surface area (Å²) in [6.45, 7) is 4.17. The van der Waals surface area contributed by atoms with E-state index in [1.54, 1.807) is 19.9 Å². The third-order valence-electron chi connectivity index (χ3n) is 3.66. The van der Waals surface area contributed by atoms with Crippen LogP contribution < -0.4 is 0 Å². The van der Waals surface area contributed by atoms with Crippen molar-refractivity contribution in [2.75, 3.05) is 13.2 Å². The van der Waals surface area contributed by atoms with Gasteiger partial charge >= 0.3 is 11.9 Å². The maximum absolute atomic E-state index is 12.3. The van der Waals surface area contributed by atoms with E-state index in [4.69, 9.17) is 9.47 Å². The Morgan fingerprint density at radius 1 is 1.19 bits per heavy atom. The van der Waals surface area contributed by atoms with Crippen LogP contribution in [-0.4, -0.2) is 25.2 Å². The first-order valence-corrected chi connectivity index (χ1v) is 7.22. The van der Waals surface area contributed by atoms with Gasteiger partial charge in [-0.15, -0.1) is 0 Å². The van der Waals surface area contributed by atoms with Crippen molar-refractivity contribution >= 4 is 11.9 Å². The molecule has 0 heterocycles. The van der Waals surface area contributed by atoms with Gasteiger partial charge in [0.1, 0.15) is 0 Å². The van der Waals surface area contributed by atoms with E-state index in [9.17, 15) is 9.59 Å². The van der Waals surface area contributed by atoms with Gasteiger partial charge in [0.2, 0.25) is 0 Å². The van der Waals surface area contributed by atoms with Crippen molar-refractivity contribution in [3.05, 3.63) is 48.0 Å². The Bertz CT molecular complexity index is 535. The van der Waals surface area contributed by atoms with Crippen LogP contribution in [0.5, 0.6) is 0 Å². The number of hydrogen-bond donors (Lipinski definition) is 0. The normalized spacial score (nSPS) is 23.8. The fourth-order valence-electron chi connectivity index (χ4n) is 2.53. The highest BCUT2D eigenvalue weighted by Gasteiger charge is 2.60. The Hall–Kier alpha value is -2.10. The summed E-state index contributed by atoms with van der Waals surface area (Å²) in [6, 6.07) is 9.80. The molecule has 0 aromatic heterocycles. The zero-order valence-corrected chi connectivity index (χ0v) is 12.4. The van der Waals surface area contributed by atoms with E-state index in [1.165, 1.54) is 6.08 Å².